The average Bonchev–Trinajstić information content (AvgIpc) is 3.00. The van der Waals surface area contributed by atoms with E-state index in [1.165, 1.54) is 6.07 Å². The molecule has 0 atom stereocenters. The number of sulfone groups is 1. The maximum absolute atomic E-state index is 12.1. The van der Waals surface area contributed by atoms with E-state index in [0.717, 1.165) is 12.8 Å². The third kappa shape index (κ3) is 4.30. The summed E-state index contributed by atoms with van der Waals surface area (Å²) in [4.78, 5) is 22.9. The summed E-state index contributed by atoms with van der Waals surface area (Å²) in [6.07, 6.45) is 3.20. The number of nitrogens with one attached hydrogen (secondary N) is 1. The number of primary amides is 1. The molecule has 0 heterocycles. The summed E-state index contributed by atoms with van der Waals surface area (Å²) in [6, 6.07) is 6.23. The van der Waals surface area contributed by atoms with Crippen molar-refractivity contribution in [2.75, 3.05) is 11.1 Å². The van der Waals surface area contributed by atoms with Gasteiger partial charge >= 0.3 is 0 Å². The number of amides is 2. The van der Waals surface area contributed by atoms with Gasteiger partial charge in [-0.15, -0.1) is 0 Å². The Kier molecular flexibility index (Phi) is 5.18. The molecule has 0 radical (unpaired) electrons. The molecular weight excluding hydrogens is 304 g/mol. The van der Waals surface area contributed by atoms with Crippen molar-refractivity contribution in [3.63, 3.8) is 0 Å². The molecule has 1 saturated carbocycles. The summed E-state index contributed by atoms with van der Waals surface area (Å²) < 4.78 is 24.2. The lowest BCUT2D eigenvalue weighted by molar-refractivity contribution is -0.115. The van der Waals surface area contributed by atoms with E-state index in [0.29, 0.717) is 18.5 Å². The molecule has 1 aliphatic rings. The van der Waals surface area contributed by atoms with Gasteiger partial charge in [0.05, 0.1) is 11.0 Å². The van der Waals surface area contributed by atoms with E-state index in [1.807, 2.05) is 0 Å². The van der Waals surface area contributed by atoms with Gasteiger partial charge in [-0.3, -0.25) is 9.59 Å². The number of anilines is 1. The minimum absolute atomic E-state index is 0.0837. The van der Waals surface area contributed by atoms with E-state index in [2.05, 4.69) is 5.32 Å². The highest BCUT2D eigenvalue weighted by atomic mass is 32.2. The van der Waals surface area contributed by atoms with Crippen molar-refractivity contribution in [2.45, 2.75) is 37.4 Å². The largest absolute Gasteiger partial charge is 0.366 e. The number of carbonyl (C=O) groups excluding carboxylic acids is 2. The smallest absolute Gasteiger partial charge is 0.248 e. The van der Waals surface area contributed by atoms with E-state index in [4.69, 9.17) is 5.73 Å². The molecule has 0 aromatic heterocycles. The van der Waals surface area contributed by atoms with Crippen LogP contribution in [-0.2, 0) is 14.6 Å². The van der Waals surface area contributed by atoms with Crippen LogP contribution in [0.4, 0.5) is 5.69 Å². The molecule has 6 nitrogen and oxygen atoms in total. The van der Waals surface area contributed by atoms with Gasteiger partial charge in [0.15, 0.2) is 9.84 Å². The van der Waals surface area contributed by atoms with E-state index >= 15 is 0 Å². The zero-order valence-corrected chi connectivity index (χ0v) is 13.1. The van der Waals surface area contributed by atoms with Crippen molar-refractivity contribution < 1.29 is 18.0 Å². The fraction of sp³-hybridized carbons (Fsp3) is 0.467. The number of hydrogen-bond acceptors (Lipinski definition) is 4. The van der Waals surface area contributed by atoms with Crippen molar-refractivity contribution in [1.82, 2.24) is 0 Å². The predicted octanol–water partition coefficient (Wildman–Crippen LogP) is 1.47. The predicted molar refractivity (Wildman–Crippen MR) is 84.2 cm³/mol. The monoisotopic (exact) mass is 324 g/mol. The van der Waals surface area contributed by atoms with E-state index < -0.39 is 15.7 Å². The first-order chi connectivity index (χ1) is 10.4. The van der Waals surface area contributed by atoms with E-state index in [1.54, 1.807) is 18.2 Å². The summed E-state index contributed by atoms with van der Waals surface area (Å²) in [6.45, 7) is 0. The quantitative estimate of drug-likeness (QED) is 0.826. The Labute approximate surface area is 130 Å². The topological polar surface area (TPSA) is 106 Å². The first kappa shape index (κ1) is 16.5. The van der Waals surface area contributed by atoms with Gasteiger partial charge in [0.2, 0.25) is 11.8 Å². The van der Waals surface area contributed by atoms with Gasteiger partial charge in [0, 0.05) is 17.7 Å². The lowest BCUT2D eigenvalue weighted by Crippen LogP contribution is -2.24. The number of nitrogens with two attached hydrogens (primary N) is 1. The van der Waals surface area contributed by atoms with Crippen molar-refractivity contribution in [1.29, 1.82) is 0 Å². The molecule has 1 fully saturated rings. The van der Waals surface area contributed by atoms with Crippen molar-refractivity contribution in [2.24, 2.45) is 5.73 Å². The third-order valence-corrected chi connectivity index (χ3v) is 6.11. The van der Waals surface area contributed by atoms with Gasteiger partial charge in [0.1, 0.15) is 0 Å². The number of hydrogen-bond donors (Lipinski definition) is 2. The Bertz CT molecular complexity index is 664. The van der Waals surface area contributed by atoms with Gasteiger partial charge in [-0.2, -0.15) is 0 Å². The van der Waals surface area contributed by atoms with E-state index in [-0.39, 0.29) is 28.9 Å². The SMILES string of the molecule is NC(=O)c1cccc(NC(=O)CCS(=O)(=O)C2CCCC2)c1. The highest BCUT2D eigenvalue weighted by Crippen LogP contribution is 2.25. The molecule has 22 heavy (non-hydrogen) atoms. The standard InChI is InChI=1S/C15H20N2O4S/c16-15(19)11-4-3-5-12(10-11)17-14(18)8-9-22(20,21)13-6-1-2-7-13/h3-5,10,13H,1-2,6-9H2,(H2,16,19)(H,17,18). The number of benzene rings is 1. The van der Waals surface area contributed by atoms with Crippen LogP contribution in [0.15, 0.2) is 24.3 Å². The highest BCUT2D eigenvalue weighted by Gasteiger charge is 2.28. The Balaban J connectivity index is 1.90. The molecule has 0 spiro atoms. The Morgan fingerprint density at radius 1 is 1.23 bits per heavy atom. The lowest BCUT2D eigenvalue weighted by atomic mass is 10.2. The van der Waals surface area contributed by atoms with Gasteiger partial charge in [0.25, 0.3) is 0 Å². The third-order valence-electron chi connectivity index (χ3n) is 3.85. The molecule has 0 unspecified atom stereocenters. The zero-order valence-electron chi connectivity index (χ0n) is 12.2. The molecular formula is C15H20N2O4S. The van der Waals surface area contributed by atoms with Crippen LogP contribution in [-0.4, -0.2) is 31.2 Å². The second-order valence-corrected chi connectivity index (χ2v) is 7.92. The Morgan fingerprint density at radius 3 is 2.55 bits per heavy atom. The van der Waals surface area contributed by atoms with Crippen molar-refractivity contribution in [3.8, 4) is 0 Å². The molecule has 0 aliphatic heterocycles. The average molecular weight is 324 g/mol. The second kappa shape index (κ2) is 6.91. The summed E-state index contributed by atoms with van der Waals surface area (Å²) in [5.41, 5.74) is 5.89. The molecule has 120 valence electrons. The summed E-state index contributed by atoms with van der Waals surface area (Å²) in [7, 11) is -3.20. The van der Waals surface area contributed by atoms with Crippen LogP contribution >= 0.6 is 0 Å². The van der Waals surface area contributed by atoms with Gasteiger partial charge in [-0.25, -0.2) is 8.42 Å². The highest BCUT2D eigenvalue weighted by molar-refractivity contribution is 7.92. The Hall–Kier alpha value is -1.89. The molecule has 1 aromatic carbocycles. The van der Waals surface area contributed by atoms with Gasteiger partial charge in [-0.05, 0) is 31.0 Å². The minimum atomic E-state index is -3.20. The molecule has 3 N–H and O–H groups in total. The van der Waals surface area contributed by atoms with Crippen LogP contribution < -0.4 is 11.1 Å². The number of rotatable bonds is 6. The molecule has 2 rings (SSSR count). The minimum Gasteiger partial charge on any atom is -0.366 e. The first-order valence-corrected chi connectivity index (χ1v) is 9.01. The second-order valence-electron chi connectivity index (χ2n) is 5.52. The van der Waals surface area contributed by atoms with E-state index in [9.17, 15) is 18.0 Å². The fourth-order valence-electron chi connectivity index (χ4n) is 2.62. The van der Waals surface area contributed by atoms with Crippen molar-refractivity contribution >= 4 is 27.3 Å². The molecule has 0 bridgehead atoms. The van der Waals surface area contributed by atoms with Crippen LogP contribution in [0.5, 0.6) is 0 Å². The van der Waals surface area contributed by atoms with Crippen LogP contribution in [0, 0.1) is 0 Å². The van der Waals surface area contributed by atoms with Crippen molar-refractivity contribution in [3.05, 3.63) is 29.8 Å². The molecule has 7 heteroatoms. The maximum Gasteiger partial charge on any atom is 0.248 e. The van der Waals surface area contributed by atoms with Crippen LogP contribution in [0.25, 0.3) is 0 Å². The van der Waals surface area contributed by atoms with Gasteiger partial charge in [-0.1, -0.05) is 18.9 Å². The maximum atomic E-state index is 12.1. The van der Waals surface area contributed by atoms with Gasteiger partial charge < -0.3 is 11.1 Å². The lowest BCUT2D eigenvalue weighted by Gasteiger charge is -2.11. The summed E-state index contributed by atoms with van der Waals surface area (Å²) in [5, 5.41) is 2.30. The van der Waals surface area contributed by atoms with Crippen LogP contribution in [0.2, 0.25) is 0 Å². The van der Waals surface area contributed by atoms with Crippen LogP contribution in [0.3, 0.4) is 0 Å². The van der Waals surface area contributed by atoms with Crippen LogP contribution in [0.1, 0.15) is 42.5 Å². The molecule has 1 aromatic rings. The molecule has 0 saturated heterocycles. The first-order valence-electron chi connectivity index (χ1n) is 7.30. The zero-order chi connectivity index (χ0) is 16.2. The summed E-state index contributed by atoms with van der Waals surface area (Å²) >= 11 is 0. The number of carbonyl (C=O) groups is 2. The Morgan fingerprint density at radius 2 is 1.91 bits per heavy atom. The molecule has 1 aliphatic carbocycles. The molecule has 2 amide bonds. The summed E-state index contributed by atoms with van der Waals surface area (Å²) in [5.74, 6) is -1.11. The normalized spacial score (nSPS) is 15.6. The fourth-order valence-corrected chi connectivity index (χ4v) is 4.48.